The molecular formula is C18H28Cl2N2O2. The Kier molecular flexibility index (Phi) is 7.48. The van der Waals surface area contributed by atoms with Crippen molar-refractivity contribution in [3.8, 4) is 11.5 Å². The van der Waals surface area contributed by atoms with E-state index in [0.29, 0.717) is 12.8 Å². The van der Waals surface area contributed by atoms with Gasteiger partial charge < -0.3 is 14.8 Å². The first-order chi connectivity index (χ1) is 10.9. The highest BCUT2D eigenvalue weighted by molar-refractivity contribution is 5.85. The Morgan fingerprint density at radius 1 is 0.958 bits per heavy atom. The van der Waals surface area contributed by atoms with Gasteiger partial charge in [0.15, 0.2) is 11.5 Å². The second-order valence-corrected chi connectivity index (χ2v) is 6.74. The first-order valence-electron chi connectivity index (χ1n) is 8.76. The standard InChI is InChI=1S/C18H26N2O2.2ClH/c1-2-4-14(5-3-1)18(20-10-8-19-9-11-20)15-6-7-16-17(12-15)22-13-21-16;;/h6-7,12,14,18-19H,1-5,8-11,13H2;2*1H/t18-;;/m1../s1. The van der Waals surface area contributed by atoms with E-state index < -0.39 is 0 Å². The molecule has 4 rings (SSSR count). The van der Waals surface area contributed by atoms with Gasteiger partial charge in [0, 0.05) is 32.2 Å². The molecule has 0 spiro atoms. The molecule has 1 aromatic rings. The van der Waals surface area contributed by atoms with E-state index in [1.54, 1.807) is 0 Å². The lowest BCUT2D eigenvalue weighted by Crippen LogP contribution is -2.47. The van der Waals surface area contributed by atoms with Crippen molar-refractivity contribution in [1.82, 2.24) is 10.2 Å². The average Bonchev–Trinajstić information content (AvgIpc) is 3.05. The Morgan fingerprint density at radius 2 is 1.67 bits per heavy atom. The molecule has 0 aromatic heterocycles. The zero-order valence-electron chi connectivity index (χ0n) is 14.0. The highest BCUT2D eigenvalue weighted by atomic mass is 35.5. The maximum atomic E-state index is 5.61. The lowest BCUT2D eigenvalue weighted by Gasteiger charge is -2.41. The summed E-state index contributed by atoms with van der Waals surface area (Å²) in [7, 11) is 0. The first-order valence-corrected chi connectivity index (χ1v) is 8.76. The largest absolute Gasteiger partial charge is 0.454 e. The normalized spacial score (nSPS) is 22.3. The van der Waals surface area contributed by atoms with Crippen molar-refractivity contribution < 1.29 is 9.47 Å². The molecule has 3 aliphatic rings. The van der Waals surface area contributed by atoms with Gasteiger partial charge >= 0.3 is 0 Å². The van der Waals surface area contributed by atoms with Gasteiger partial charge in [-0.3, -0.25) is 4.90 Å². The van der Waals surface area contributed by atoms with Crippen molar-refractivity contribution in [1.29, 1.82) is 0 Å². The van der Waals surface area contributed by atoms with E-state index in [9.17, 15) is 0 Å². The zero-order valence-corrected chi connectivity index (χ0v) is 15.7. The van der Waals surface area contributed by atoms with E-state index in [0.717, 1.165) is 43.6 Å². The number of rotatable bonds is 3. The molecule has 0 radical (unpaired) electrons. The number of nitrogens with one attached hydrogen (secondary N) is 1. The molecule has 1 aliphatic carbocycles. The van der Waals surface area contributed by atoms with E-state index in [2.05, 4.69) is 28.4 Å². The quantitative estimate of drug-likeness (QED) is 0.872. The number of hydrogen-bond acceptors (Lipinski definition) is 4. The van der Waals surface area contributed by atoms with Crippen LogP contribution in [0.1, 0.15) is 43.7 Å². The third-order valence-electron chi connectivity index (χ3n) is 5.38. The molecule has 136 valence electrons. The van der Waals surface area contributed by atoms with Gasteiger partial charge in [0.2, 0.25) is 6.79 Å². The molecule has 6 heteroatoms. The first kappa shape index (κ1) is 19.6. The smallest absolute Gasteiger partial charge is 0.231 e. The summed E-state index contributed by atoms with van der Waals surface area (Å²) in [5.74, 6) is 2.60. The van der Waals surface area contributed by atoms with Crippen LogP contribution in [0.5, 0.6) is 11.5 Å². The van der Waals surface area contributed by atoms with Crippen molar-refractivity contribution in [2.24, 2.45) is 5.92 Å². The Morgan fingerprint density at radius 3 is 2.42 bits per heavy atom. The van der Waals surface area contributed by atoms with Crippen LogP contribution in [0.15, 0.2) is 18.2 Å². The second-order valence-electron chi connectivity index (χ2n) is 6.74. The van der Waals surface area contributed by atoms with Gasteiger partial charge in [-0.15, -0.1) is 24.8 Å². The van der Waals surface area contributed by atoms with Gasteiger partial charge in [0.1, 0.15) is 0 Å². The SMILES string of the molecule is Cl.Cl.c1cc2c(cc1[C@@H](C1CCCCC1)N1CCNCC1)OCO2. The second kappa shape index (κ2) is 9.14. The van der Waals surface area contributed by atoms with Gasteiger partial charge in [-0.2, -0.15) is 0 Å². The van der Waals surface area contributed by atoms with Crippen LogP contribution >= 0.6 is 24.8 Å². The van der Waals surface area contributed by atoms with Crippen LogP contribution in [-0.4, -0.2) is 37.9 Å². The summed E-state index contributed by atoms with van der Waals surface area (Å²) < 4.78 is 11.1. The molecule has 1 aromatic carbocycles. The maximum Gasteiger partial charge on any atom is 0.231 e. The predicted octanol–water partition coefficient (Wildman–Crippen LogP) is 3.79. The topological polar surface area (TPSA) is 33.7 Å². The maximum absolute atomic E-state index is 5.61. The molecule has 0 unspecified atom stereocenters. The van der Waals surface area contributed by atoms with Crippen LogP contribution in [-0.2, 0) is 0 Å². The Balaban J connectivity index is 0.00000104. The molecule has 2 heterocycles. The fourth-order valence-electron chi connectivity index (χ4n) is 4.29. The summed E-state index contributed by atoms with van der Waals surface area (Å²) in [6.45, 7) is 4.87. The summed E-state index contributed by atoms with van der Waals surface area (Å²) >= 11 is 0. The minimum absolute atomic E-state index is 0. The number of fused-ring (bicyclic) bond motifs is 1. The van der Waals surface area contributed by atoms with E-state index in [-0.39, 0.29) is 24.8 Å². The highest BCUT2D eigenvalue weighted by Crippen LogP contribution is 2.42. The third kappa shape index (κ3) is 4.10. The highest BCUT2D eigenvalue weighted by Gasteiger charge is 2.31. The van der Waals surface area contributed by atoms with Crippen molar-refractivity contribution >= 4 is 24.8 Å². The molecule has 0 amide bonds. The van der Waals surface area contributed by atoms with Gasteiger partial charge in [0.25, 0.3) is 0 Å². The van der Waals surface area contributed by atoms with E-state index in [1.807, 2.05) is 0 Å². The Hall–Kier alpha value is -0.680. The number of nitrogens with zero attached hydrogens (tertiary/aromatic N) is 1. The van der Waals surface area contributed by atoms with Crippen LogP contribution in [0.2, 0.25) is 0 Å². The van der Waals surface area contributed by atoms with Gasteiger partial charge in [0.05, 0.1) is 0 Å². The minimum atomic E-state index is 0. The van der Waals surface area contributed by atoms with Crippen LogP contribution in [0.25, 0.3) is 0 Å². The molecule has 1 N–H and O–H groups in total. The van der Waals surface area contributed by atoms with Crippen LogP contribution in [0.3, 0.4) is 0 Å². The van der Waals surface area contributed by atoms with E-state index in [4.69, 9.17) is 9.47 Å². The molecule has 1 saturated carbocycles. The van der Waals surface area contributed by atoms with Crippen LogP contribution < -0.4 is 14.8 Å². The van der Waals surface area contributed by atoms with Gasteiger partial charge in [-0.05, 0) is 36.5 Å². The predicted molar refractivity (Wildman–Crippen MR) is 101 cm³/mol. The lowest BCUT2D eigenvalue weighted by atomic mass is 9.80. The number of hydrogen-bond donors (Lipinski definition) is 1. The molecule has 2 fully saturated rings. The monoisotopic (exact) mass is 374 g/mol. The van der Waals surface area contributed by atoms with Gasteiger partial charge in [-0.25, -0.2) is 0 Å². The molecule has 24 heavy (non-hydrogen) atoms. The van der Waals surface area contributed by atoms with E-state index in [1.165, 1.54) is 37.7 Å². The van der Waals surface area contributed by atoms with Crippen molar-refractivity contribution in [2.75, 3.05) is 33.0 Å². The van der Waals surface area contributed by atoms with Crippen LogP contribution in [0, 0.1) is 5.92 Å². The fraction of sp³-hybridized carbons (Fsp3) is 0.667. The summed E-state index contributed by atoms with van der Waals surface area (Å²) in [6, 6.07) is 7.12. The average molecular weight is 375 g/mol. The van der Waals surface area contributed by atoms with Crippen molar-refractivity contribution in [2.45, 2.75) is 38.1 Å². The molecule has 0 bridgehead atoms. The summed E-state index contributed by atoms with van der Waals surface area (Å²) in [5, 5.41) is 3.48. The Labute approximate surface area is 157 Å². The summed E-state index contributed by atoms with van der Waals surface area (Å²) in [4.78, 5) is 2.68. The molecule has 4 nitrogen and oxygen atoms in total. The fourth-order valence-corrected chi connectivity index (χ4v) is 4.29. The van der Waals surface area contributed by atoms with Crippen molar-refractivity contribution in [3.63, 3.8) is 0 Å². The number of benzene rings is 1. The molecule has 1 atom stereocenters. The van der Waals surface area contributed by atoms with Gasteiger partial charge in [-0.1, -0.05) is 25.3 Å². The lowest BCUT2D eigenvalue weighted by molar-refractivity contribution is 0.103. The van der Waals surface area contributed by atoms with Crippen molar-refractivity contribution in [3.05, 3.63) is 23.8 Å². The summed E-state index contributed by atoms with van der Waals surface area (Å²) in [5.41, 5.74) is 1.41. The Bertz CT molecular complexity index is 500. The number of halogens is 2. The molecule has 2 aliphatic heterocycles. The zero-order chi connectivity index (χ0) is 14.8. The van der Waals surface area contributed by atoms with E-state index >= 15 is 0 Å². The summed E-state index contributed by atoms with van der Waals surface area (Å²) in [6.07, 6.45) is 6.91. The van der Waals surface area contributed by atoms with Crippen LogP contribution in [0.4, 0.5) is 0 Å². The third-order valence-corrected chi connectivity index (χ3v) is 5.38. The minimum Gasteiger partial charge on any atom is -0.454 e. The number of ether oxygens (including phenoxy) is 2. The number of piperazine rings is 1. The molecular weight excluding hydrogens is 347 g/mol. The molecule has 1 saturated heterocycles.